The van der Waals surface area contributed by atoms with Crippen LogP contribution < -0.4 is 0 Å². The number of hydrogen-bond donors (Lipinski definition) is 1. The molecule has 2 heterocycles. The fourth-order valence-corrected chi connectivity index (χ4v) is 4.31. The van der Waals surface area contributed by atoms with Crippen molar-refractivity contribution in [3.05, 3.63) is 0 Å². The van der Waals surface area contributed by atoms with Gasteiger partial charge in [0, 0.05) is 12.6 Å². The second-order valence-electron chi connectivity index (χ2n) is 6.92. The summed E-state index contributed by atoms with van der Waals surface area (Å²) in [6, 6.07) is 0.150. The van der Waals surface area contributed by atoms with Crippen LogP contribution >= 0.6 is 0 Å². The summed E-state index contributed by atoms with van der Waals surface area (Å²) in [5.41, 5.74) is 0.105. The Morgan fingerprint density at radius 1 is 1.40 bits per heavy atom. The molecular weight excluding hydrogens is 254 g/mol. The number of piperidine rings is 1. The number of carbonyl (C=O) groups is 1. The molecule has 0 aromatic heterocycles. The summed E-state index contributed by atoms with van der Waals surface area (Å²) < 4.78 is 5.99. The van der Waals surface area contributed by atoms with E-state index in [4.69, 9.17) is 4.74 Å². The highest BCUT2D eigenvalue weighted by atomic mass is 16.5. The van der Waals surface area contributed by atoms with Crippen molar-refractivity contribution < 1.29 is 14.6 Å². The van der Waals surface area contributed by atoms with E-state index >= 15 is 0 Å². The summed E-state index contributed by atoms with van der Waals surface area (Å²) in [5, 5.41) is 9.58. The van der Waals surface area contributed by atoms with Crippen LogP contribution in [0.2, 0.25) is 0 Å². The normalized spacial score (nSPS) is 37.5. The monoisotopic (exact) mass is 281 g/mol. The molecule has 3 atom stereocenters. The lowest BCUT2D eigenvalue weighted by Crippen LogP contribution is -2.57. The lowest BCUT2D eigenvalue weighted by atomic mass is 9.73. The van der Waals surface area contributed by atoms with Crippen LogP contribution in [0.15, 0.2) is 0 Å². The molecule has 2 aliphatic heterocycles. The SMILES string of the molecule is CCC1CCN(C2CCOC3(CCC3)C2)C(C(=O)O)C1. The standard InChI is InChI=1S/C16H27NO3/c1-2-12-4-8-17(14(10-12)15(18)19)13-5-9-20-16(11-13)6-3-7-16/h12-14H,2-11H2,1H3,(H,18,19). The minimum Gasteiger partial charge on any atom is -0.480 e. The van der Waals surface area contributed by atoms with Crippen LogP contribution in [-0.4, -0.2) is 46.8 Å². The van der Waals surface area contributed by atoms with Gasteiger partial charge in [0.1, 0.15) is 6.04 Å². The van der Waals surface area contributed by atoms with Crippen molar-refractivity contribution in [1.82, 2.24) is 4.90 Å². The molecule has 4 nitrogen and oxygen atoms in total. The number of nitrogens with zero attached hydrogens (tertiary/aromatic N) is 1. The fraction of sp³-hybridized carbons (Fsp3) is 0.938. The van der Waals surface area contributed by atoms with Crippen LogP contribution in [0.5, 0.6) is 0 Å². The number of carboxylic acids is 1. The van der Waals surface area contributed by atoms with E-state index in [0.29, 0.717) is 12.0 Å². The van der Waals surface area contributed by atoms with E-state index in [1.165, 1.54) is 19.3 Å². The average molecular weight is 281 g/mol. The molecule has 1 N–H and O–H groups in total. The highest BCUT2D eigenvalue weighted by Gasteiger charge is 2.46. The van der Waals surface area contributed by atoms with Crippen molar-refractivity contribution in [2.24, 2.45) is 5.92 Å². The number of hydrogen-bond acceptors (Lipinski definition) is 3. The lowest BCUT2D eigenvalue weighted by molar-refractivity contribution is -0.165. The van der Waals surface area contributed by atoms with Gasteiger partial charge in [0.2, 0.25) is 0 Å². The third kappa shape index (κ3) is 2.60. The number of ether oxygens (including phenoxy) is 1. The van der Waals surface area contributed by atoms with E-state index < -0.39 is 5.97 Å². The van der Waals surface area contributed by atoms with Crippen molar-refractivity contribution in [2.75, 3.05) is 13.2 Å². The van der Waals surface area contributed by atoms with Crippen LogP contribution in [0, 0.1) is 5.92 Å². The molecule has 1 spiro atoms. The Hall–Kier alpha value is -0.610. The van der Waals surface area contributed by atoms with Crippen LogP contribution in [-0.2, 0) is 9.53 Å². The zero-order chi connectivity index (χ0) is 14.2. The van der Waals surface area contributed by atoms with Gasteiger partial charge in [-0.3, -0.25) is 9.69 Å². The molecule has 1 aliphatic carbocycles. The average Bonchev–Trinajstić information content (AvgIpc) is 2.45. The molecular formula is C16H27NO3. The number of carboxylic acid groups (broad SMARTS) is 1. The van der Waals surface area contributed by atoms with E-state index in [0.717, 1.165) is 45.3 Å². The summed E-state index contributed by atoms with van der Waals surface area (Å²) >= 11 is 0. The van der Waals surface area contributed by atoms with E-state index in [2.05, 4.69) is 11.8 Å². The van der Waals surface area contributed by atoms with Gasteiger partial charge >= 0.3 is 5.97 Å². The molecule has 3 fully saturated rings. The van der Waals surface area contributed by atoms with Gasteiger partial charge in [-0.25, -0.2) is 0 Å². The highest BCUT2D eigenvalue weighted by Crippen LogP contribution is 2.44. The van der Waals surface area contributed by atoms with Crippen molar-refractivity contribution in [2.45, 2.75) is 76.0 Å². The summed E-state index contributed by atoms with van der Waals surface area (Å²) in [5.74, 6) is -0.0397. The van der Waals surface area contributed by atoms with Crippen LogP contribution in [0.3, 0.4) is 0 Å². The molecule has 0 aromatic carbocycles. The molecule has 0 radical (unpaired) electrons. The number of rotatable bonds is 3. The Bertz CT molecular complexity index is 367. The van der Waals surface area contributed by atoms with Gasteiger partial charge in [-0.1, -0.05) is 13.3 Å². The second-order valence-corrected chi connectivity index (χ2v) is 6.92. The minimum absolute atomic E-state index is 0.105. The zero-order valence-corrected chi connectivity index (χ0v) is 12.5. The molecule has 20 heavy (non-hydrogen) atoms. The highest BCUT2D eigenvalue weighted by molar-refractivity contribution is 5.73. The summed E-state index contributed by atoms with van der Waals surface area (Å²) in [7, 11) is 0. The van der Waals surface area contributed by atoms with E-state index in [-0.39, 0.29) is 11.6 Å². The Labute approximate surface area is 121 Å². The summed E-state index contributed by atoms with van der Waals surface area (Å²) in [6.45, 7) is 3.94. The Balaban J connectivity index is 1.69. The van der Waals surface area contributed by atoms with Crippen LogP contribution in [0.4, 0.5) is 0 Å². The van der Waals surface area contributed by atoms with Gasteiger partial charge in [0.15, 0.2) is 0 Å². The predicted octanol–water partition coefficient (Wildman–Crippen LogP) is 2.66. The minimum atomic E-state index is -0.627. The van der Waals surface area contributed by atoms with Gasteiger partial charge in [-0.05, 0) is 57.4 Å². The Morgan fingerprint density at radius 3 is 2.80 bits per heavy atom. The smallest absolute Gasteiger partial charge is 0.320 e. The maximum atomic E-state index is 11.6. The Morgan fingerprint density at radius 2 is 2.20 bits per heavy atom. The van der Waals surface area contributed by atoms with E-state index in [1.807, 2.05) is 0 Å². The Kier molecular flexibility index (Phi) is 4.04. The predicted molar refractivity (Wildman–Crippen MR) is 76.7 cm³/mol. The molecule has 0 aromatic rings. The summed E-state index contributed by atoms with van der Waals surface area (Å²) in [6.07, 6.45) is 8.76. The molecule has 4 heteroatoms. The molecule has 114 valence electrons. The zero-order valence-electron chi connectivity index (χ0n) is 12.5. The number of aliphatic carboxylic acids is 1. The summed E-state index contributed by atoms with van der Waals surface area (Å²) in [4.78, 5) is 13.9. The first kappa shape index (κ1) is 14.3. The quantitative estimate of drug-likeness (QED) is 0.864. The first-order valence-electron chi connectivity index (χ1n) is 8.26. The third-order valence-corrected chi connectivity index (χ3v) is 5.82. The molecule has 0 amide bonds. The van der Waals surface area contributed by atoms with Crippen LogP contribution in [0.1, 0.15) is 58.3 Å². The van der Waals surface area contributed by atoms with E-state index in [9.17, 15) is 9.90 Å². The number of likely N-dealkylation sites (tertiary alicyclic amines) is 1. The second kappa shape index (κ2) is 5.64. The fourth-order valence-electron chi connectivity index (χ4n) is 4.31. The first-order valence-corrected chi connectivity index (χ1v) is 8.26. The van der Waals surface area contributed by atoms with Crippen molar-refractivity contribution in [3.63, 3.8) is 0 Å². The lowest BCUT2D eigenvalue weighted by Gasteiger charge is -2.51. The largest absolute Gasteiger partial charge is 0.480 e. The van der Waals surface area contributed by atoms with Gasteiger partial charge < -0.3 is 9.84 Å². The maximum absolute atomic E-state index is 11.6. The van der Waals surface area contributed by atoms with Gasteiger partial charge in [-0.15, -0.1) is 0 Å². The van der Waals surface area contributed by atoms with Crippen molar-refractivity contribution in [3.8, 4) is 0 Å². The van der Waals surface area contributed by atoms with Crippen molar-refractivity contribution >= 4 is 5.97 Å². The van der Waals surface area contributed by atoms with Crippen LogP contribution in [0.25, 0.3) is 0 Å². The molecule has 3 rings (SSSR count). The molecule has 3 aliphatic rings. The molecule has 3 unspecified atom stereocenters. The van der Waals surface area contributed by atoms with E-state index in [1.54, 1.807) is 0 Å². The maximum Gasteiger partial charge on any atom is 0.320 e. The molecule has 2 saturated heterocycles. The van der Waals surface area contributed by atoms with Gasteiger partial charge in [0.05, 0.1) is 5.60 Å². The topological polar surface area (TPSA) is 49.8 Å². The molecule has 1 saturated carbocycles. The van der Waals surface area contributed by atoms with Gasteiger partial charge in [0.25, 0.3) is 0 Å². The van der Waals surface area contributed by atoms with Crippen molar-refractivity contribution in [1.29, 1.82) is 0 Å². The molecule has 0 bridgehead atoms. The first-order chi connectivity index (χ1) is 9.63. The van der Waals surface area contributed by atoms with Gasteiger partial charge in [-0.2, -0.15) is 0 Å². The third-order valence-electron chi connectivity index (χ3n) is 5.82.